The fourth-order valence-electron chi connectivity index (χ4n) is 1.64. The molecule has 94 valence electrons. The molecule has 2 rings (SSSR count). The quantitative estimate of drug-likeness (QED) is 0.918. The molecule has 1 aromatic carbocycles. The van der Waals surface area contributed by atoms with Gasteiger partial charge in [0, 0.05) is 16.9 Å². The molecule has 3 nitrogen and oxygen atoms in total. The molecule has 0 aliphatic rings. The van der Waals surface area contributed by atoms with Crippen LogP contribution in [0, 0.1) is 0 Å². The number of hydrogen-bond acceptors (Lipinski definition) is 3. The van der Waals surface area contributed by atoms with Gasteiger partial charge in [-0.2, -0.15) is 0 Å². The summed E-state index contributed by atoms with van der Waals surface area (Å²) in [6.07, 6.45) is 2.56. The van der Waals surface area contributed by atoms with Crippen LogP contribution >= 0.6 is 11.6 Å². The van der Waals surface area contributed by atoms with Crippen LogP contribution in [0.5, 0.6) is 5.75 Å². The van der Waals surface area contributed by atoms with E-state index < -0.39 is 0 Å². The molecule has 1 aromatic heterocycles. The maximum atomic E-state index is 6.05. The zero-order chi connectivity index (χ0) is 13.0. The van der Waals surface area contributed by atoms with Crippen molar-refractivity contribution in [1.82, 2.24) is 4.98 Å². The van der Waals surface area contributed by atoms with Crippen molar-refractivity contribution in [3.63, 3.8) is 0 Å². The van der Waals surface area contributed by atoms with E-state index in [0.29, 0.717) is 12.3 Å². The van der Waals surface area contributed by atoms with Crippen molar-refractivity contribution >= 4 is 17.3 Å². The summed E-state index contributed by atoms with van der Waals surface area (Å²) in [4.78, 5) is 4.18. The van der Waals surface area contributed by atoms with E-state index in [1.807, 2.05) is 18.2 Å². The van der Waals surface area contributed by atoms with Gasteiger partial charge in [-0.05, 0) is 42.3 Å². The first kappa shape index (κ1) is 12.7. The molecule has 2 aromatic rings. The highest BCUT2D eigenvalue weighted by molar-refractivity contribution is 6.31. The highest BCUT2D eigenvalue weighted by Gasteiger charge is 2.02. The van der Waals surface area contributed by atoms with E-state index in [-0.39, 0.29) is 0 Å². The molecule has 0 saturated carbocycles. The van der Waals surface area contributed by atoms with Crippen LogP contribution in [0.4, 0.5) is 5.69 Å². The average molecular weight is 263 g/mol. The van der Waals surface area contributed by atoms with Crippen LogP contribution in [0.3, 0.4) is 0 Å². The van der Waals surface area contributed by atoms with E-state index >= 15 is 0 Å². The number of anilines is 1. The summed E-state index contributed by atoms with van der Waals surface area (Å²) in [6.45, 7) is 2.46. The van der Waals surface area contributed by atoms with Crippen molar-refractivity contribution < 1.29 is 4.74 Å². The molecule has 0 aliphatic heterocycles. The summed E-state index contributed by atoms with van der Waals surface area (Å²) in [5.74, 6) is 0.792. The van der Waals surface area contributed by atoms with E-state index in [2.05, 4.69) is 11.9 Å². The van der Waals surface area contributed by atoms with Crippen molar-refractivity contribution in [3.05, 3.63) is 52.8 Å². The Morgan fingerprint density at radius 2 is 2.11 bits per heavy atom. The van der Waals surface area contributed by atoms with Crippen LogP contribution in [0.25, 0.3) is 0 Å². The van der Waals surface area contributed by atoms with Crippen LogP contribution < -0.4 is 10.5 Å². The molecular formula is C14H15ClN2O. The minimum absolute atomic E-state index is 0.399. The highest BCUT2D eigenvalue weighted by atomic mass is 35.5. The number of ether oxygens (including phenoxy) is 1. The van der Waals surface area contributed by atoms with Crippen LogP contribution in [0.1, 0.15) is 18.2 Å². The van der Waals surface area contributed by atoms with Gasteiger partial charge in [-0.1, -0.05) is 18.5 Å². The first-order valence-corrected chi connectivity index (χ1v) is 6.18. The lowest BCUT2D eigenvalue weighted by Gasteiger charge is -2.08. The molecule has 0 unspecified atom stereocenters. The Labute approximate surface area is 112 Å². The average Bonchev–Trinajstić information content (AvgIpc) is 2.38. The topological polar surface area (TPSA) is 48.1 Å². The van der Waals surface area contributed by atoms with Gasteiger partial charge in [0.15, 0.2) is 0 Å². The van der Waals surface area contributed by atoms with Crippen molar-refractivity contribution in [2.75, 3.05) is 5.73 Å². The number of aromatic nitrogens is 1. The lowest BCUT2D eigenvalue weighted by molar-refractivity contribution is 0.301. The van der Waals surface area contributed by atoms with Crippen molar-refractivity contribution in [1.29, 1.82) is 0 Å². The van der Waals surface area contributed by atoms with Gasteiger partial charge >= 0.3 is 0 Å². The van der Waals surface area contributed by atoms with Gasteiger partial charge in [-0.25, -0.2) is 0 Å². The molecule has 2 N–H and O–H groups in total. The van der Waals surface area contributed by atoms with Crippen molar-refractivity contribution in [2.24, 2.45) is 0 Å². The van der Waals surface area contributed by atoms with Gasteiger partial charge < -0.3 is 10.5 Å². The Morgan fingerprint density at radius 3 is 2.83 bits per heavy atom. The smallest absolute Gasteiger partial charge is 0.130 e. The Balaban J connectivity index is 2.06. The molecule has 0 spiro atoms. The number of benzene rings is 1. The fourth-order valence-corrected chi connectivity index (χ4v) is 1.90. The van der Waals surface area contributed by atoms with Gasteiger partial charge in [-0.3, -0.25) is 4.98 Å². The number of pyridine rings is 1. The molecule has 0 atom stereocenters. The third kappa shape index (κ3) is 3.14. The summed E-state index contributed by atoms with van der Waals surface area (Å²) < 4.78 is 5.67. The molecular weight excluding hydrogens is 248 g/mol. The largest absolute Gasteiger partial charge is 0.487 e. The first-order valence-electron chi connectivity index (χ1n) is 5.80. The van der Waals surface area contributed by atoms with E-state index in [1.165, 1.54) is 0 Å². The van der Waals surface area contributed by atoms with Gasteiger partial charge in [0.05, 0.1) is 5.69 Å². The number of rotatable bonds is 4. The zero-order valence-electron chi connectivity index (χ0n) is 10.2. The molecule has 0 fully saturated rings. The van der Waals surface area contributed by atoms with Crippen LogP contribution in [0.15, 0.2) is 36.5 Å². The minimum Gasteiger partial charge on any atom is -0.487 e. The Morgan fingerprint density at radius 1 is 1.28 bits per heavy atom. The molecule has 0 bridgehead atoms. The van der Waals surface area contributed by atoms with Gasteiger partial charge in [0.2, 0.25) is 0 Å². The van der Waals surface area contributed by atoms with Crippen LogP contribution in [-0.2, 0) is 13.0 Å². The second kappa shape index (κ2) is 5.74. The summed E-state index contributed by atoms with van der Waals surface area (Å²) in [5.41, 5.74) is 8.26. The summed E-state index contributed by atoms with van der Waals surface area (Å²) in [6, 6.07) is 9.21. The number of nitrogen functional groups attached to an aromatic ring is 1. The lowest BCUT2D eigenvalue weighted by Crippen LogP contribution is -1.99. The Kier molecular flexibility index (Phi) is 4.05. The maximum Gasteiger partial charge on any atom is 0.130 e. The molecule has 0 amide bonds. The normalized spacial score (nSPS) is 10.3. The van der Waals surface area contributed by atoms with E-state index in [1.54, 1.807) is 18.3 Å². The Bertz CT molecular complexity index is 543. The molecule has 0 saturated heterocycles. The number of nitrogens with two attached hydrogens (primary N) is 1. The second-order valence-corrected chi connectivity index (χ2v) is 4.38. The molecule has 0 aliphatic carbocycles. The first-order chi connectivity index (χ1) is 8.69. The summed E-state index contributed by atoms with van der Waals surface area (Å²) >= 11 is 6.05. The Hall–Kier alpha value is -1.74. The maximum absolute atomic E-state index is 6.05. The lowest BCUT2D eigenvalue weighted by atomic mass is 10.1. The predicted molar refractivity (Wildman–Crippen MR) is 73.8 cm³/mol. The van der Waals surface area contributed by atoms with Gasteiger partial charge in [0.1, 0.15) is 12.4 Å². The van der Waals surface area contributed by atoms with E-state index in [4.69, 9.17) is 22.1 Å². The second-order valence-electron chi connectivity index (χ2n) is 3.98. The zero-order valence-corrected chi connectivity index (χ0v) is 10.9. The number of hydrogen-bond donors (Lipinski definition) is 1. The molecule has 1 heterocycles. The van der Waals surface area contributed by atoms with Crippen molar-refractivity contribution in [3.8, 4) is 5.75 Å². The third-order valence-corrected chi connectivity index (χ3v) is 2.99. The van der Waals surface area contributed by atoms with Gasteiger partial charge in [-0.15, -0.1) is 0 Å². The SMILES string of the molecule is CCc1cc(OCc2cc(N)ccn2)ccc1Cl. The van der Waals surface area contributed by atoms with Crippen molar-refractivity contribution in [2.45, 2.75) is 20.0 Å². The molecule has 0 radical (unpaired) electrons. The number of halogens is 1. The standard InChI is InChI=1S/C14H15ClN2O/c1-2-10-7-13(3-4-14(10)15)18-9-12-8-11(16)5-6-17-12/h3-8H,2,9H2,1H3,(H2,16,17). The molecule has 4 heteroatoms. The summed E-state index contributed by atoms with van der Waals surface area (Å²) in [5, 5.41) is 0.770. The highest BCUT2D eigenvalue weighted by Crippen LogP contribution is 2.23. The van der Waals surface area contributed by atoms with Crippen LogP contribution in [0.2, 0.25) is 5.02 Å². The van der Waals surface area contributed by atoms with E-state index in [9.17, 15) is 0 Å². The summed E-state index contributed by atoms with van der Waals surface area (Å²) in [7, 11) is 0. The third-order valence-electron chi connectivity index (χ3n) is 2.63. The monoisotopic (exact) mass is 262 g/mol. The van der Waals surface area contributed by atoms with Crippen LogP contribution in [-0.4, -0.2) is 4.98 Å². The number of aryl methyl sites for hydroxylation is 1. The predicted octanol–water partition coefficient (Wildman–Crippen LogP) is 3.46. The van der Waals surface area contributed by atoms with Gasteiger partial charge in [0.25, 0.3) is 0 Å². The fraction of sp³-hybridized carbons (Fsp3) is 0.214. The molecule has 18 heavy (non-hydrogen) atoms. The number of nitrogens with zero attached hydrogens (tertiary/aromatic N) is 1. The van der Waals surface area contributed by atoms with E-state index in [0.717, 1.165) is 28.5 Å². The minimum atomic E-state index is 0.399.